The monoisotopic (exact) mass is 254 g/mol. The van der Waals surface area contributed by atoms with Gasteiger partial charge < -0.3 is 9.64 Å². The van der Waals surface area contributed by atoms with Crippen molar-refractivity contribution in [1.29, 1.82) is 0 Å². The third kappa shape index (κ3) is 2.65. The van der Waals surface area contributed by atoms with Gasteiger partial charge >= 0.3 is 0 Å². The minimum absolute atomic E-state index is 0.390. The zero-order valence-electron chi connectivity index (χ0n) is 10.4. The van der Waals surface area contributed by atoms with Gasteiger partial charge in [0.15, 0.2) is 0 Å². The highest BCUT2D eigenvalue weighted by Crippen LogP contribution is 2.29. The quantitative estimate of drug-likeness (QED) is 0.773. The predicted octanol–water partition coefficient (Wildman–Crippen LogP) is 2.93. The largest absolute Gasteiger partial charge is 0.478 e. The normalized spacial score (nSPS) is 24.1. The van der Waals surface area contributed by atoms with Crippen molar-refractivity contribution in [1.82, 2.24) is 4.98 Å². The van der Waals surface area contributed by atoms with E-state index in [1.165, 1.54) is 6.42 Å². The first-order valence-corrected chi connectivity index (χ1v) is 6.72. The number of pyridine rings is 1. The lowest BCUT2D eigenvalue weighted by molar-refractivity contribution is 0.327. The summed E-state index contributed by atoms with van der Waals surface area (Å²) in [5.41, 5.74) is 0. The molecule has 4 heteroatoms. The smallest absolute Gasteiger partial charge is 0.215 e. The van der Waals surface area contributed by atoms with E-state index in [0.29, 0.717) is 30.3 Å². The van der Waals surface area contributed by atoms with Gasteiger partial charge in [-0.15, -0.1) is 11.6 Å². The molecule has 0 spiro atoms. The van der Waals surface area contributed by atoms with E-state index in [-0.39, 0.29) is 0 Å². The Labute approximate surface area is 108 Å². The molecule has 1 aliphatic heterocycles. The van der Waals surface area contributed by atoms with Gasteiger partial charge in [0.1, 0.15) is 5.82 Å². The molecule has 2 unspecified atom stereocenters. The van der Waals surface area contributed by atoms with Gasteiger partial charge in [0.05, 0.1) is 6.61 Å². The molecule has 2 heterocycles. The average Bonchev–Trinajstić information content (AvgIpc) is 2.71. The number of alkyl halides is 1. The number of anilines is 1. The molecule has 0 bridgehead atoms. The molecule has 17 heavy (non-hydrogen) atoms. The van der Waals surface area contributed by atoms with Crippen LogP contribution in [0.3, 0.4) is 0 Å². The standard InChI is InChI=1S/C13H19ClN2O/c1-3-17-13-6-4-5-12(15-13)16-8-7-10(2)11(16)9-14/h4-6,10-11H,3,7-9H2,1-2H3. The van der Waals surface area contributed by atoms with Crippen LogP contribution >= 0.6 is 11.6 Å². The molecule has 0 aromatic carbocycles. The Morgan fingerprint density at radius 1 is 1.53 bits per heavy atom. The molecule has 2 atom stereocenters. The van der Waals surface area contributed by atoms with E-state index in [2.05, 4.69) is 16.8 Å². The topological polar surface area (TPSA) is 25.4 Å². The van der Waals surface area contributed by atoms with Crippen molar-refractivity contribution in [3.05, 3.63) is 18.2 Å². The molecule has 0 N–H and O–H groups in total. The van der Waals surface area contributed by atoms with E-state index in [9.17, 15) is 0 Å². The van der Waals surface area contributed by atoms with Gasteiger partial charge in [0.25, 0.3) is 0 Å². The number of ether oxygens (including phenoxy) is 1. The zero-order chi connectivity index (χ0) is 12.3. The minimum atomic E-state index is 0.390. The fraction of sp³-hybridized carbons (Fsp3) is 0.615. The van der Waals surface area contributed by atoms with E-state index in [0.717, 1.165) is 12.4 Å². The molecule has 2 rings (SSSR count). The highest BCUT2D eigenvalue weighted by atomic mass is 35.5. The predicted molar refractivity (Wildman–Crippen MR) is 71.0 cm³/mol. The van der Waals surface area contributed by atoms with E-state index >= 15 is 0 Å². The van der Waals surface area contributed by atoms with Crippen LogP contribution in [-0.2, 0) is 0 Å². The van der Waals surface area contributed by atoms with E-state index in [1.807, 2.05) is 25.1 Å². The summed E-state index contributed by atoms with van der Waals surface area (Å²) in [7, 11) is 0. The van der Waals surface area contributed by atoms with E-state index in [4.69, 9.17) is 16.3 Å². The lowest BCUT2D eigenvalue weighted by Crippen LogP contribution is -2.34. The van der Waals surface area contributed by atoms with Crippen LogP contribution in [0.2, 0.25) is 0 Å². The van der Waals surface area contributed by atoms with Gasteiger partial charge in [-0.2, -0.15) is 4.98 Å². The summed E-state index contributed by atoms with van der Waals surface area (Å²) >= 11 is 6.05. The van der Waals surface area contributed by atoms with Crippen molar-refractivity contribution in [2.24, 2.45) is 5.92 Å². The van der Waals surface area contributed by atoms with Crippen molar-refractivity contribution in [3.8, 4) is 5.88 Å². The molecule has 3 nitrogen and oxygen atoms in total. The summed E-state index contributed by atoms with van der Waals surface area (Å²) in [6.45, 7) is 5.89. The van der Waals surface area contributed by atoms with Crippen LogP contribution in [0.15, 0.2) is 18.2 Å². The number of rotatable bonds is 4. The van der Waals surface area contributed by atoms with Gasteiger partial charge in [0, 0.05) is 24.5 Å². The maximum absolute atomic E-state index is 6.05. The molecular formula is C13H19ClN2O. The fourth-order valence-corrected chi connectivity index (χ4v) is 2.79. The fourth-order valence-electron chi connectivity index (χ4n) is 2.32. The van der Waals surface area contributed by atoms with Crippen LogP contribution in [0.1, 0.15) is 20.3 Å². The molecule has 1 aliphatic rings. The third-order valence-electron chi connectivity index (χ3n) is 3.34. The summed E-state index contributed by atoms with van der Waals surface area (Å²) in [5.74, 6) is 2.95. The molecule has 0 amide bonds. The van der Waals surface area contributed by atoms with Crippen molar-refractivity contribution in [2.45, 2.75) is 26.3 Å². The first-order valence-electron chi connectivity index (χ1n) is 6.18. The lowest BCUT2D eigenvalue weighted by Gasteiger charge is -2.26. The Balaban J connectivity index is 2.18. The Bertz CT molecular complexity index is 372. The minimum Gasteiger partial charge on any atom is -0.478 e. The van der Waals surface area contributed by atoms with Gasteiger partial charge in [-0.05, 0) is 25.3 Å². The first-order chi connectivity index (χ1) is 8.26. The maximum Gasteiger partial charge on any atom is 0.215 e. The van der Waals surface area contributed by atoms with Gasteiger partial charge in [-0.3, -0.25) is 0 Å². The lowest BCUT2D eigenvalue weighted by atomic mass is 10.1. The van der Waals surface area contributed by atoms with E-state index < -0.39 is 0 Å². The van der Waals surface area contributed by atoms with Crippen LogP contribution < -0.4 is 9.64 Å². The van der Waals surface area contributed by atoms with Crippen LogP contribution in [0.4, 0.5) is 5.82 Å². The van der Waals surface area contributed by atoms with Crippen LogP contribution in [0, 0.1) is 5.92 Å². The zero-order valence-corrected chi connectivity index (χ0v) is 11.2. The molecule has 1 saturated heterocycles. The number of halogens is 1. The molecule has 1 aromatic heterocycles. The number of nitrogens with zero attached hydrogens (tertiary/aromatic N) is 2. The Kier molecular flexibility index (Phi) is 4.11. The number of hydrogen-bond donors (Lipinski definition) is 0. The maximum atomic E-state index is 6.05. The highest BCUT2D eigenvalue weighted by Gasteiger charge is 2.31. The van der Waals surface area contributed by atoms with Crippen molar-refractivity contribution in [3.63, 3.8) is 0 Å². The molecule has 1 fully saturated rings. The summed E-state index contributed by atoms with van der Waals surface area (Å²) in [6.07, 6.45) is 1.18. The van der Waals surface area contributed by atoms with Gasteiger partial charge in [-0.1, -0.05) is 13.0 Å². The van der Waals surface area contributed by atoms with Crippen molar-refractivity contribution < 1.29 is 4.74 Å². The molecule has 0 saturated carbocycles. The molecule has 0 aliphatic carbocycles. The molecule has 0 radical (unpaired) electrons. The Morgan fingerprint density at radius 2 is 2.35 bits per heavy atom. The van der Waals surface area contributed by atoms with Crippen LogP contribution in [-0.4, -0.2) is 30.1 Å². The second-order valence-electron chi connectivity index (χ2n) is 4.45. The van der Waals surface area contributed by atoms with Gasteiger partial charge in [-0.25, -0.2) is 0 Å². The summed E-state index contributed by atoms with van der Waals surface area (Å²) in [5, 5.41) is 0. The summed E-state index contributed by atoms with van der Waals surface area (Å²) in [4.78, 5) is 6.81. The number of hydrogen-bond acceptors (Lipinski definition) is 3. The average molecular weight is 255 g/mol. The second kappa shape index (κ2) is 5.58. The van der Waals surface area contributed by atoms with Crippen molar-refractivity contribution >= 4 is 17.4 Å². The van der Waals surface area contributed by atoms with Crippen LogP contribution in [0.5, 0.6) is 5.88 Å². The summed E-state index contributed by atoms with van der Waals surface area (Å²) in [6, 6.07) is 6.30. The molecule has 1 aromatic rings. The van der Waals surface area contributed by atoms with Crippen LogP contribution in [0.25, 0.3) is 0 Å². The van der Waals surface area contributed by atoms with E-state index in [1.54, 1.807) is 0 Å². The van der Waals surface area contributed by atoms with Crippen molar-refractivity contribution in [2.75, 3.05) is 23.9 Å². The SMILES string of the molecule is CCOc1cccc(N2CCC(C)C2CCl)n1. The number of aromatic nitrogens is 1. The molecule has 94 valence electrons. The van der Waals surface area contributed by atoms with Gasteiger partial charge in [0.2, 0.25) is 5.88 Å². The third-order valence-corrected chi connectivity index (χ3v) is 3.65. The summed E-state index contributed by atoms with van der Waals surface area (Å²) < 4.78 is 5.43. The first kappa shape index (κ1) is 12.5. The Morgan fingerprint density at radius 3 is 3.06 bits per heavy atom. The molecular weight excluding hydrogens is 236 g/mol. The Hall–Kier alpha value is -0.960. The highest BCUT2D eigenvalue weighted by molar-refractivity contribution is 6.18. The second-order valence-corrected chi connectivity index (χ2v) is 4.76.